The van der Waals surface area contributed by atoms with Gasteiger partial charge in [-0.15, -0.1) is 0 Å². The van der Waals surface area contributed by atoms with Crippen LogP contribution < -0.4 is 0 Å². The molecule has 0 bridgehead atoms. The first-order valence-corrected chi connectivity index (χ1v) is 13.9. The fourth-order valence-corrected chi connectivity index (χ4v) is 26.9. The Kier molecular flexibility index (Phi) is 0.585. The van der Waals surface area contributed by atoms with Crippen LogP contribution in [0.4, 0.5) is 0 Å². The van der Waals surface area contributed by atoms with E-state index in [0.29, 0.717) is 0 Å². The predicted octanol–water partition coefficient (Wildman–Crippen LogP) is 3.28. The lowest BCUT2D eigenvalue weighted by Gasteiger charge is -3.48. The van der Waals surface area contributed by atoms with Crippen LogP contribution in [0.1, 0.15) is 25.7 Å². The minimum atomic E-state index is 1.10. The highest BCUT2D eigenvalue weighted by atomic mass is 15.5. The number of hydrogen-bond acceptors (Lipinski definition) is 0. The maximum Gasteiger partial charge on any atom is -0.00504 e. The molecule has 10 spiro atoms. The van der Waals surface area contributed by atoms with Crippen molar-refractivity contribution in [2.24, 2.45) is 137 Å². The van der Waals surface area contributed by atoms with Crippen molar-refractivity contribution in [2.45, 2.75) is 25.7 Å². The van der Waals surface area contributed by atoms with Crippen molar-refractivity contribution in [3.05, 3.63) is 0 Å². The first-order chi connectivity index (χ1) is 13.9. The van der Waals surface area contributed by atoms with Crippen LogP contribution in [0.5, 0.6) is 0 Å². The highest BCUT2D eigenvalue weighted by Crippen LogP contribution is 3.49. The lowest BCUT2D eigenvalue weighted by atomic mass is 8.55. The zero-order valence-electron chi connectivity index (χ0n) is 15.9. The van der Waals surface area contributed by atoms with Crippen LogP contribution in [0.25, 0.3) is 0 Å². The van der Waals surface area contributed by atoms with Crippen molar-refractivity contribution < 1.29 is 0 Å². The topological polar surface area (TPSA) is 0 Å². The molecule has 18 rings (SSSR count). The van der Waals surface area contributed by atoms with Gasteiger partial charge in [-0.3, -0.25) is 0 Å². The Hall–Kier alpha value is 0. The summed E-state index contributed by atoms with van der Waals surface area (Å²) in [5, 5.41) is 0. The van der Waals surface area contributed by atoms with Gasteiger partial charge in [0.05, 0.1) is 0 Å². The van der Waals surface area contributed by atoms with Gasteiger partial charge in [0.1, 0.15) is 0 Å². The summed E-state index contributed by atoms with van der Waals surface area (Å²) < 4.78 is 0. The van der Waals surface area contributed by atoms with Gasteiger partial charge in [0.15, 0.2) is 0 Å². The van der Waals surface area contributed by atoms with E-state index in [0.717, 1.165) is 54.1 Å². The monoisotopic (exact) mass is 358 g/mol. The lowest BCUT2D eigenvalue weighted by Crippen LogP contribution is -3.46. The summed E-state index contributed by atoms with van der Waals surface area (Å²) in [5.41, 5.74) is 11.1. The second-order valence-corrected chi connectivity index (χ2v) is 17.3. The molecule has 20 unspecified atom stereocenters. The Bertz CT molecular complexity index is 1220. The molecule has 0 aromatic rings. The Morgan fingerprint density at radius 2 is 0.571 bits per heavy atom. The average molecular weight is 358 g/mol. The van der Waals surface area contributed by atoms with E-state index in [2.05, 4.69) is 0 Å². The fraction of sp³-hybridized carbons (Fsp3) is 1.00. The van der Waals surface area contributed by atoms with Gasteiger partial charge in [-0.25, -0.2) is 0 Å². The van der Waals surface area contributed by atoms with Gasteiger partial charge in [-0.2, -0.15) is 0 Å². The van der Waals surface area contributed by atoms with E-state index in [1.165, 1.54) is 82.9 Å². The average Bonchev–Trinajstić information content (AvgIpc) is 2.55. The highest BCUT2D eigenvalue weighted by Gasteiger charge is 3.47. The van der Waals surface area contributed by atoms with Crippen molar-refractivity contribution in [3.63, 3.8) is 0 Å². The molecule has 18 aliphatic carbocycles. The van der Waals surface area contributed by atoms with E-state index >= 15 is 0 Å². The number of rotatable bonds is 0. The summed E-state index contributed by atoms with van der Waals surface area (Å²) in [6, 6.07) is 0. The largest absolute Gasteiger partial charge is 0.0458 e. The molecule has 0 saturated heterocycles. The van der Waals surface area contributed by atoms with E-state index in [1.807, 2.05) is 0 Å². The molecule has 0 aliphatic heterocycles. The number of fused-ring (bicyclic) bond motifs is 10. The zero-order chi connectivity index (χ0) is 15.9. The molecule has 0 nitrogen and oxygen atoms in total. The van der Waals surface area contributed by atoms with Gasteiger partial charge in [-0.1, -0.05) is 0 Å². The molecule has 18 fully saturated rings. The third kappa shape index (κ3) is 0.246. The van der Waals surface area contributed by atoms with Crippen LogP contribution in [-0.4, -0.2) is 0 Å². The molecular weight excluding hydrogens is 336 g/mol. The van der Waals surface area contributed by atoms with Crippen LogP contribution in [0.2, 0.25) is 0 Å². The standard InChI is InChI=1S/C28H22/c1-5-6-2-10-15-18-16-12-4-8-7-3-11-14-17-13-9(1)19(5)20(6,10)24(15)23(13,19)27(17)25(14)21(7,11)22(8,12)26(16,25)28(18,24)27/h5-18H,1-4H2. The minimum Gasteiger partial charge on any atom is -0.0458 e. The van der Waals surface area contributed by atoms with Crippen molar-refractivity contribution in [3.8, 4) is 0 Å². The van der Waals surface area contributed by atoms with Crippen LogP contribution in [-0.2, 0) is 0 Å². The molecule has 0 aromatic carbocycles. The molecular formula is C28H22. The Balaban J connectivity index is 1.13. The van der Waals surface area contributed by atoms with E-state index in [1.54, 1.807) is 25.7 Å². The summed E-state index contributed by atoms with van der Waals surface area (Å²) in [4.78, 5) is 0. The van der Waals surface area contributed by atoms with E-state index in [4.69, 9.17) is 0 Å². The van der Waals surface area contributed by atoms with Gasteiger partial charge < -0.3 is 0 Å². The van der Waals surface area contributed by atoms with Crippen molar-refractivity contribution >= 4 is 0 Å². The van der Waals surface area contributed by atoms with Crippen LogP contribution in [0, 0.1) is 137 Å². The van der Waals surface area contributed by atoms with Crippen molar-refractivity contribution in [2.75, 3.05) is 0 Å². The third-order valence-electron chi connectivity index (χ3n) is 22.3. The van der Waals surface area contributed by atoms with E-state index in [-0.39, 0.29) is 0 Å². The molecule has 20 atom stereocenters. The normalized spacial score (nSPS) is 126. The van der Waals surface area contributed by atoms with Gasteiger partial charge in [-0.05, 0) is 163 Å². The summed E-state index contributed by atoms with van der Waals surface area (Å²) in [7, 11) is 0. The SMILES string of the molecule is C1C2C3CC4C5C6C7C8CC9C%10CC%11C%12C%13C%14C1C21C34C52C%141C%131C%123C%10%11C98C73C621. The zero-order valence-corrected chi connectivity index (χ0v) is 15.9. The molecule has 0 N–H and O–H groups in total. The lowest BCUT2D eigenvalue weighted by molar-refractivity contribution is -1.03. The third-order valence-corrected chi connectivity index (χ3v) is 22.3. The summed E-state index contributed by atoms with van der Waals surface area (Å²) in [5.74, 6) is 18.9. The minimum absolute atomic E-state index is 1.10. The van der Waals surface area contributed by atoms with Gasteiger partial charge in [0.25, 0.3) is 0 Å². The van der Waals surface area contributed by atoms with Gasteiger partial charge >= 0.3 is 0 Å². The molecule has 18 aliphatic rings. The number of hydrogen-bond donors (Lipinski definition) is 0. The highest BCUT2D eigenvalue weighted by molar-refractivity contribution is 5.92. The quantitative estimate of drug-likeness (QED) is 0.623. The second kappa shape index (κ2) is 1.62. The Morgan fingerprint density at radius 1 is 0.286 bits per heavy atom. The summed E-state index contributed by atoms with van der Waals surface area (Å²) >= 11 is 0. The molecule has 28 heavy (non-hydrogen) atoms. The Labute approximate surface area is 162 Å². The van der Waals surface area contributed by atoms with Gasteiger partial charge in [0.2, 0.25) is 0 Å². The van der Waals surface area contributed by atoms with Crippen LogP contribution in [0.3, 0.4) is 0 Å². The Morgan fingerprint density at radius 3 is 0.857 bits per heavy atom. The van der Waals surface area contributed by atoms with Crippen LogP contribution in [0.15, 0.2) is 0 Å². The van der Waals surface area contributed by atoms with Crippen molar-refractivity contribution in [1.82, 2.24) is 0 Å². The maximum absolute atomic E-state index is 1.77. The molecule has 0 radical (unpaired) electrons. The van der Waals surface area contributed by atoms with Crippen LogP contribution >= 0.6 is 0 Å². The second-order valence-electron chi connectivity index (χ2n) is 17.3. The van der Waals surface area contributed by atoms with E-state index < -0.39 is 0 Å². The molecule has 134 valence electrons. The predicted molar refractivity (Wildman–Crippen MR) is 91.7 cm³/mol. The molecule has 0 aromatic heterocycles. The fourth-order valence-electron chi connectivity index (χ4n) is 26.9. The first-order valence-electron chi connectivity index (χ1n) is 13.9. The maximum atomic E-state index is 1.77. The van der Waals surface area contributed by atoms with Gasteiger partial charge in [0, 0.05) is 0 Å². The molecule has 0 heterocycles. The first kappa shape index (κ1) is 10.1. The van der Waals surface area contributed by atoms with Crippen molar-refractivity contribution in [1.29, 1.82) is 0 Å². The summed E-state index contributed by atoms with van der Waals surface area (Å²) in [6.45, 7) is 0. The van der Waals surface area contributed by atoms with E-state index in [9.17, 15) is 0 Å². The summed E-state index contributed by atoms with van der Waals surface area (Å²) in [6.07, 6.45) is 7.09. The molecule has 0 amide bonds. The molecule has 0 heteroatoms. The molecule has 18 saturated carbocycles. The smallest absolute Gasteiger partial charge is 0.00504 e.